The Morgan fingerprint density at radius 2 is 2.10 bits per heavy atom. The van der Waals surface area contributed by atoms with Gasteiger partial charge in [0.05, 0.1) is 12.7 Å². The van der Waals surface area contributed by atoms with Gasteiger partial charge < -0.3 is 4.90 Å². The zero-order chi connectivity index (χ0) is 13.5. The highest BCUT2D eigenvalue weighted by molar-refractivity contribution is 6.16. The molecule has 0 N–H and O–H groups in total. The van der Waals surface area contributed by atoms with Gasteiger partial charge in [0.25, 0.3) is 0 Å². The number of rotatable bonds is 2. The zero-order valence-electron chi connectivity index (χ0n) is 12.0. The fourth-order valence-electron chi connectivity index (χ4n) is 3.58. The van der Waals surface area contributed by atoms with Crippen LogP contribution < -0.4 is 9.80 Å². The summed E-state index contributed by atoms with van der Waals surface area (Å²) in [7, 11) is 0. The van der Waals surface area contributed by atoms with Gasteiger partial charge >= 0.3 is 0 Å². The van der Waals surface area contributed by atoms with Gasteiger partial charge in [0.15, 0.2) is 5.82 Å². The molecular formula is C15H21N5. The molecule has 3 heterocycles. The van der Waals surface area contributed by atoms with Crippen molar-refractivity contribution in [1.82, 2.24) is 9.97 Å². The molecule has 1 aliphatic carbocycles. The van der Waals surface area contributed by atoms with E-state index in [2.05, 4.69) is 21.7 Å². The first-order valence-electron chi connectivity index (χ1n) is 7.85. The molecule has 0 amide bonds. The molecule has 0 spiro atoms. The molecule has 3 aliphatic rings. The van der Waals surface area contributed by atoms with E-state index >= 15 is 0 Å². The molecule has 0 aromatic carbocycles. The van der Waals surface area contributed by atoms with Gasteiger partial charge in [-0.05, 0) is 12.8 Å². The first-order chi connectivity index (χ1) is 9.88. The number of hydrogen-bond acceptors (Lipinski definition) is 5. The van der Waals surface area contributed by atoms with Gasteiger partial charge in [-0.2, -0.15) is 0 Å². The zero-order valence-corrected chi connectivity index (χ0v) is 12.0. The van der Waals surface area contributed by atoms with Crippen molar-refractivity contribution < 1.29 is 0 Å². The van der Waals surface area contributed by atoms with Gasteiger partial charge in [0.2, 0.25) is 5.96 Å². The number of fused-ring (bicyclic) bond motifs is 3. The fraction of sp³-hybridized carbons (Fsp3) is 0.667. The third-order valence-electron chi connectivity index (χ3n) is 4.61. The summed E-state index contributed by atoms with van der Waals surface area (Å²) in [5.41, 5.74) is 1.16. The van der Waals surface area contributed by atoms with Crippen molar-refractivity contribution in [2.45, 2.75) is 51.5 Å². The van der Waals surface area contributed by atoms with Crippen LogP contribution in [0.25, 0.3) is 0 Å². The fourth-order valence-corrected chi connectivity index (χ4v) is 3.58. The molecule has 0 bridgehead atoms. The van der Waals surface area contributed by atoms with Gasteiger partial charge in [-0.1, -0.05) is 26.2 Å². The Labute approximate surface area is 119 Å². The van der Waals surface area contributed by atoms with E-state index < -0.39 is 0 Å². The number of hydrogen-bond donors (Lipinski definition) is 0. The van der Waals surface area contributed by atoms with Crippen LogP contribution in [-0.2, 0) is 6.42 Å². The van der Waals surface area contributed by atoms with Crippen molar-refractivity contribution >= 4 is 17.5 Å². The second kappa shape index (κ2) is 4.72. The molecule has 2 aliphatic heterocycles. The smallest absolute Gasteiger partial charge is 0.207 e. The summed E-state index contributed by atoms with van der Waals surface area (Å²) in [4.78, 5) is 18.7. The van der Waals surface area contributed by atoms with Crippen molar-refractivity contribution in [3.63, 3.8) is 0 Å². The number of aryl methyl sites for hydroxylation is 1. The Morgan fingerprint density at radius 3 is 2.90 bits per heavy atom. The van der Waals surface area contributed by atoms with Crippen LogP contribution >= 0.6 is 0 Å². The average Bonchev–Trinajstić information content (AvgIpc) is 3.07. The van der Waals surface area contributed by atoms with Crippen LogP contribution in [0.4, 0.5) is 11.5 Å². The van der Waals surface area contributed by atoms with Crippen LogP contribution in [0.15, 0.2) is 11.2 Å². The van der Waals surface area contributed by atoms with E-state index in [1.807, 2.05) is 6.20 Å². The van der Waals surface area contributed by atoms with Gasteiger partial charge in [-0.3, -0.25) is 9.89 Å². The lowest BCUT2D eigenvalue weighted by Gasteiger charge is -2.31. The molecule has 0 saturated heterocycles. The Kier molecular flexibility index (Phi) is 2.86. The quantitative estimate of drug-likeness (QED) is 0.828. The second-order valence-corrected chi connectivity index (χ2v) is 5.84. The third kappa shape index (κ3) is 1.72. The van der Waals surface area contributed by atoms with Gasteiger partial charge in [0.1, 0.15) is 11.5 Å². The topological polar surface area (TPSA) is 44.6 Å². The maximum Gasteiger partial charge on any atom is 0.207 e. The van der Waals surface area contributed by atoms with Crippen LogP contribution in [0.2, 0.25) is 0 Å². The molecule has 4 rings (SSSR count). The minimum Gasteiger partial charge on any atom is -0.306 e. The van der Waals surface area contributed by atoms with E-state index in [0.717, 1.165) is 42.8 Å². The lowest BCUT2D eigenvalue weighted by atomic mass is 9.94. The molecule has 1 fully saturated rings. The molecule has 106 valence electrons. The largest absolute Gasteiger partial charge is 0.306 e. The van der Waals surface area contributed by atoms with E-state index in [1.165, 1.54) is 32.1 Å². The van der Waals surface area contributed by atoms with Gasteiger partial charge in [-0.25, -0.2) is 9.97 Å². The van der Waals surface area contributed by atoms with Crippen molar-refractivity contribution in [3.8, 4) is 0 Å². The van der Waals surface area contributed by atoms with Crippen LogP contribution in [0.3, 0.4) is 0 Å². The molecule has 0 radical (unpaired) electrons. The maximum absolute atomic E-state index is 4.80. The highest BCUT2D eigenvalue weighted by Gasteiger charge is 2.40. The molecule has 5 heteroatoms. The predicted octanol–water partition coefficient (Wildman–Crippen LogP) is 2.37. The number of guanidine groups is 1. The normalized spacial score (nSPS) is 21.9. The van der Waals surface area contributed by atoms with Crippen molar-refractivity contribution in [2.75, 3.05) is 22.9 Å². The van der Waals surface area contributed by atoms with E-state index in [4.69, 9.17) is 9.98 Å². The Hall–Kier alpha value is -1.65. The highest BCUT2D eigenvalue weighted by Crippen LogP contribution is 2.40. The van der Waals surface area contributed by atoms with Gasteiger partial charge in [0, 0.05) is 19.0 Å². The number of nitrogens with zero attached hydrogens (tertiary/aromatic N) is 5. The SMILES string of the molecule is CCc1ncc2c(n1)N(C1CCCCC1)C1=NCCN12. The molecule has 1 saturated carbocycles. The Bertz CT molecular complexity index is 547. The summed E-state index contributed by atoms with van der Waals surface area (Å²) in [6.07, 6.45) is 9.43. The number of anilines is 2. The van der Waals surface area contributed by atoms with Crippen LogP contribution in [0.5, 0.6) is 0 Å². The molecule has 0 unspecified atom stereocenters. The highest BCUT2D eigenvalue weighted by atomic mass is 15.5. The molecule has 5 nitrogen and oxygen atoms in total. The molecule has 1 aromatic rings. The summed E-state index contributed by atoms with van der Waals surface area (Å²) >= 11 is 0. The Balaban J connectivity index is 1.77. The summed E-state index contributed by atoms with van der Waals surface area (Å²) in [6, 6.07) is 0.573. The summed E-state index contributed by atoms with van der Waals surface area (Å²) in [5, 5.41) is 0. The maximum atomic E-state index is 4.80. The predicted molar refractivity (Wildman–Crippen MR) is 80.4 cm³/mol. The summed E-state index contributed by atoms with van der Waals surface area (Å²) in [5.74, 6) is 3.16. The third-order valence-corrected chi connectivity index (χ3v) is 4.61. The molecule has 0 atom stereocenters. The van der Waals surface area contributed by atoms with E-state index in [0.29, 0.717) is 6.04 Å². The van der Waals surface area contributed by atoms with Crippen molar-refractivity contribution in [2.24, 2.45) is 4.99 Å². The monoisotopic (exact) mass is 271 g/mol. The van der Waals surface area contributed by atoms with Crippen LogP contribution in [0, 0.1) is 0 Å². The first kappa shape index (κ1) is 12.1. The minimum atomic E-state index is 0.573. The molecule has 1 aromatic heterocycles. The van der Waals surface area contributed by atoms with Crippen LogP contribution in [0.1, 0.15) is 44.9 Å². The van der Waals surface area contributed by atoms with E-state index in [-0.39, 0.29) is 0 Å². The van der Waals surface area contributed by atoms with Gasteiger partial charge in [-0.15, -0.1) is 0 Å². The summed E-state index contributed by atoms with van der Waals surface area (Å²) in [6.45, 7) is 3.98. The van der Waals surface area contributed by atoms with E-state index in [9.17, 15) is 0 Å². The first-order valence-corrected chi connectivity index (χ1v) is 7.85. The lowest BCUT2D eigenvalue weighted by Crippen LogP contribution is -2.43. The van der Waals surface area contributed by atoms with Crippen LogP contribution in [-0.4, -0.2) is 35.1 Å². The molecule has 20 heavy (non-hydrogen) atoms. The average molecular weight is 271 g/mol. The van der Waals surface area contributed by atoms with Crippen molar-refractivity contribution in [3.05, 3.63) is 12.0 Å². The minimum absolute atomic E-state index is 0.573. The summed E-state index contributed by atoms with van der Waals surface area (Å²) < 4.78 is 0. The molecular weight excluding hydrogens is 250 g/mol. The standard InChI is InChI=1S/C15H21N5/c1-2-13-17-10-12-14(18-13)20(11-6-4-3-5-7-11)15-16-8-9-19(12)15/h10-11H,2-9H2,1H3. The lowest BCUT2D eigenvalue weighted by molar-refractivity contribution is 0.439. The number of aromatic nitrogens is 2. The van der Waals surface area contributed by atoms with Crippen molar-refractivity contribution in [1.29, 1.82) is 0 Å². The second-order valence-electron chi connectivity index (χ2n) is 5.84. The Morgan fingerprint density at radius 1 is 1.25 bits per heavy atom. The number of aliphatic imine (C=N–C) groups is 1. The van der Waals surface area contributed by atoms with E-state index in [1.54, 1.807) is 0 Å².